The lowest BCUT2D eigenvalue weighted by molar-refractivity contribution is 0.590. The van der Waals surface area contributed by atoms with E-state index in [1.165, 1.54) is 53.4 Å². The molecule has 0 atom stereocenters. The lowest BCUT2D eigenvalue weighted by atomic mass is 9.82. The summed E-state index contributed by atoms with van der Waals surface area (Å²) in [5, 5.41) is 4.91. The molecule has 0 fully saturated rings. The van der Waals surface area contributed by atoms with Crippen LogP contribution in [-0.2, 0) is 5.41 Å². The van der Waals surface area contributed by atoms with Gasteiger partial charge < -0.3 is 0 Å². The van der Waals surface area contributed by atoms with Gasteiger partial charge in [-0.05, 0) is 57.8 Å². The summed E-state index contributed by atoms with van der Waals surface area (Å²) in [4.78, 5) is 5.62. The standard InChI is InChI=1S/C45H34N2S/c1-45(2,3)32-27-37(29-15-6-4-7-16-29)42(38(28-32)30-17-8-5-9-18-30)47-39-26-25-31-19-10-11-20-33(31)41(39)46-44(47)36-23-14-22-35-34-21-12-13-24-40(34)48-43(35)36/h4-28H,1-3H3. The van der Waals surface area contributed by atoms with Crippen molar-refractivity contribution in [2.75, 3.05) is 0 Å². The van der Waals surface area contributed by atoms with Crippen molar-refractivity contribution in [3.63, 3.8) is 0 Å². The summed E-state index contributed by atoms with van der Waals surface area (Å²) in [6.07, 6.45) is 0. The predicted molar refractivity (Wildman–Crippen MR) is 206 cm³/mol. The second kappa shape index (κ2) is 11.0. The SMILES string of the molecule is CC(C)(C)c1cc(-c2ccccc2)c(-n2c(-c3cccc4c3sc3ccccc34)nc3c4ccccc4ccc32)c(-c2ccccc2)c1. The Morgan fingerprint density at radius 2 is 1.15 bits per heavy atom. The van der Waals surface area contributed by atoms with Gasteiger partial charge in [-0.1, -0.05) is 142 Å². The van der Waals surface area contributed by atoms with Crippen molar-refractivity contribution >= 4 is 53.3 Å². The van der Waals surface area contributed by atoms with E-state index in [0.717, 1.165) is 33.5 Å². The molecule has 0 N–H and O–H groups in total. The molecule has 0 saturated heterocycles. The molecule has 9 rings (SSSR count). The van der Waals surface area contributed by atoms with E-state index in [2.05, 4.69) is 177 Å². The van der Waals surface area contributed by atoms with Crippen molar-refractivity contribution in [1.29, 1.82) is 0 Å². The Morgan fingerprint density at radius 1 is 0.542 bits per heavy atom. The molecule has 3 heteroatoms. The Kier molecular flexibility index (Phi) is 6.60. The minimum Gasteiger partial charge on any atom is -0.291 e. The Balaban J connectivity index is 1.49. The molecular weight excluding hydrogens is 601 g/mol. The fourth-order valence-electron chi connectivity index (χ4n) is 7.13. The molecule has 48 heavy (non-hydrogen) atoms. The van der Waals surface area contributed by atoms with Crippen molar-refractivity contribution < 1.29 is 0 Å². The molecule has 0 saturated carbocycles. The van der Waals surface area contributed by atoms with Gasteiger partial charge in [0.25, 0.3) is 0 Å². The van der Waals surface area contributed by atoms with Gasteiger partial charge >= 0.3 is 0 Å². The maximum Gasteiger partial charge on any atom is 0.147 e. The number of rotatable bonds is 4. The van der Waals surface area contributed by atoms with Crippen LogP contribution in [0.4, 0.5) is 0 Å². The molecule has 0 aliphatic rings. The molecule has 0 bridgehead atoms. The molecule has 0 aliphatic heterocycles. The number of aromatic nitrogens is 2. The number of thiophene rings is 1. The van der Waals surface area contributed by atoms with E-state index in [0.29, 0.717) is 0 Å². The van der Waals surface area contributed by atoms with Crippen LogP contribution < -0.4 is 0 Å². The van der Waals surface area contributed by atoms with Gasteiger partial charge in [-0.2, -0.15) is 0 Å². The maximum atomic E-state index is 5.62. The van der Waals surface area contributed by atoms with Gasteiger partial charge in [0.15, 0.2) is 0 Å². The largest absolute Gasteiger partial charge is 0.291 e. The number of benzene rings is 7. The molecule has 7 aromatic carbocycles. The molecule has 0 spiro atoms. The maximum absolute atomic E-state index is 5.62. The summed E-state index contributed by atoms with van der Waals surface area (Å²) in [6, 6.07) is 55.1. The highest BCUT2D eigenvalue weighted by molar-refractivity contribution is 7.26. The second-order valence-electron chi connectivity index (χ2n) is 13.6. The summed E-state index contributed by atoms with van der Waals surface area (Å²) in [6.45, 7) is 6.91. The van der Waals surface area contributed by atoms with Crippen LogP contribution in [0.25, 0.3) is 81.3 Å². The summed E-state index contributed by atoms with van der Waals surface area (Å²) in [7, 11) is 0. The number of imidazole rings is 1. The highest BCUT2D eigenvalue weighted by atomic mass is 32.1. The van der Waals surface area contributed by atoms with Crippen LogP contribution in [0.2, 0.25) is 0 Å². The molecule has 230 valence electrons. The van der Waals surface area contributed by atoms with Gasteiger partial charge in [0.2, 0.25) is 0 Å². The van der Waals surface area contributed by atoms with Crippen LogP contribution in [0.15, 0.2) is 152 Å². The van der Waals surface area contributed by atoms with Crippen LogP contribution in [0.3, 0.4) is 0 Å². The zero-order chi connectivity index (χ0) is 32.4. The normalized spacial score (nSPS) is 12.1. The Hall–Kier alpha value is -5.51. The van der Waals surface area contributed by atoms with Gasteiger partial charge in [-0.25, -0.2) is 4.98 Å². The average molecular weight is 635 g/mol. The van der Waals surface area contributed by atoms with E-state index in [9.17, 15) is 0 Å². The molecule has 2 aromatic heterocycles. The summed E-state index contributed by atoms with van der Waals surface area (Å²) in [5.74, 6) is 0.955. The average Bonchev–Trinajstić information content (AvgIpc) is 3.70. The highest BCUT2D eigenvalue weighted by Crippen LogP contribution is 2.46. The molecule has 0 unspecified atom stereocenters. The summed E-state index contributed by atoms with van der Waals surface area (Å²) in [5.41, 5.74) is 10.4. The molecule has 2 nitrogen and oxygen atoms in total. The van der Waals surface area contributed by atoms with Gasteiger partial charge in [0.05, 0.1) is 16.7 Å². The summed E-state index contributed by atoms with van der Waals surface area (Å²) < 4.78 is 5.00. The van der Waals surface area contributed by atoms with Crippen LogP contribution in [0.5, 0.6) is 0 Å². The lowest BCUT2D eigenvalue weighted by Gasteiger charge is -2.26. The molecule has 0 amide bonds. The quantitative estimate of drug-likeness (QED) is 0.188. The van der Waals surface area contributed by atoms with Crippen LogP contribution in [-0.4, -0.2) is 9.55 Å². The molecular formula is C45H34N2S. The third-order valence-corrected chi connectivity index (χ3v) is 10.8. The zero-order valence-electron chi connectivity index (χ0n) is 27.2. The monoisotopic (exact) mass is 634 g/mol. The third-order valence-electron chi connectivity index (χ3n) is 9.56. The fourth-order valence-corrected chi connectivity index (χ4v) is 8.34. The molecule has 0 radical (unpaired) electrons. The van der Waals surface area contributed by atoms with E-state index in [1.807, 2.05) is 11.3 Å². The fraction of sp³-hybridized carbons (Fsp3) is 0.0889. The lowest BCUT2D eigenvalue weighted by Crippen LogP contribution is -2.13. The number of hydrogen-bond acceptors (Lipinski definition) is 2. The highest BCUT2D eigenvalue weighted by Gasteiger charge is 2.26. The summed E-state index contributed by atoms with van der Waals surface area (Å²) >= 11 is 1.85. The Bertz CT molecular complexity index is 2580. The van der Waals surface area contributed by atoms with Crippen molar-refractivity contribution in [2.45, 2.75) is 26.2 Å². The number of hydrogen-bond donors (Lipinski definition) is 0. The van der Waals surface area contributed by atoms with Crippen molar-refractivity contribution in [3.8, 4) is 39.3 Å². The number of nitrogens with zero attached hydrogens (tertiary/aromatic N) is 2. The molecule has 9 aromatic rings. The van der Waals surface area contributed by atoms with Crippen molar-refractivity contribution in [2.24, 2.45) is 0 Å². The van der Waals surface area contributed by atoms with Gasteiger partial charge in [0, 0.05) is 42.2 Å². The van der Waals surface area contributed by atoms with Gasteiger partial charge in [0.1, 0.15) is 5.82 Å². The van der Waals surface area contributed by atoms with E-state index in [1.54, 1.807) is 0 Å². The van der Waals surface area contributed by atoms with E-state index >= 15 is 0 Å². The molecule has 0 aliphatic carbocycles. The Labute approximate surface area is 284 Å². The Morgan fingerprint density at radius 3 is 1.83 bits per heavy atom. The van der Waals surface area contributed by atoms with E-state index in [4.69, 9.17) is 4.98 Å². The van der Waals surface area contributed by atoms with Crippen molar-refractivity contribution in [3.05, 3.63) is 157 Å². The first-order valence-electron chi connectivity index (χ1n) is 16.6. The van der Waals surface area contributed by atoms with Gasteiger partial charge in [-0.3, -0.25) is 4.57 Å². The van der Waals surface area contributed by atoms with E-state index < -0.39 is 0 Å². The van der Waals surface area contributed by atoms with Gasteiger partial charge in [-0.15, -0.1) is 11.3 Å². The predicted octanol–water partition coefficient (Wildman–Crippen LogP) is 12.8. The minimum atomic E-state index is -0.0513. The minimum absolute atomic E-state index is 0.0513. The zero-order valence-corrected chi connectivity index (χ0v) is 28.1. The van der Waals surface area contributed by atoms with Crippen LogP contribution >= 0.6 is 11.3 Å². The third kappa shape index (κ3) is 4.57. The number of fused-ring (bicyclic) bond motifs is 6. The first-order valence-corrected chi connectivity index (χ1v) is 17.4. The van der Waals surface area contributed by atoms with Crippen LogP contribution in [0.1, 0.15) is 26.3 Å². The topological polar surface area (TPSA) is 17.8 Å². The van der Waals surface area contributed by atoms with E-state index in [-0.39, 0.29) is 5.41 Å². The molecule has 2 heterocycles. The van der Waals surface area contributed by atoms with Crippen LogP contribution in [0, 0.1) is 0 Å². The first kappa shape index (κ1) is 28.7. The smallest absolute Gasteiger partial charge is 0.147 e. The first-order chi connectivity index (χ1) is 23.5. The second-order valence-corrected chi connectivity index (χ2v) is 14.7. The van der Waals surface area contributed by atoms with Crippen molar-refractivity contribution in [1.82, 2.24) is 9.55 Å².